The van der Waals surface area contributed by atoms with Crippen LogP contribution in [0, 0.1) is 13.8 Å². The maximum Gasteiger partial charge on any atom is 0.408 e. The first-order valence-corrected chi connectivity index (χ1v) is 12.2. The van der Waals surface area contributed by atoms with E-state index >= 15 is 0 Å². The Morgan fingerprint density at radius 3 is 2.14 bits per heavy atom. The van der Waals surface area contributed by atoms with E-state index in [1.165, 1.54) is 0 Å². The molecule has 0 fully saturated rings. The molecule has 0 saturated heterocycles. The summed E-state index contributed by atoms with van der Waals surface area (Å²) < 4.78 is 5.27. The number of nitrogens with one attached hydrogen (secondary N) is 2. The summed E-state index contributed by atoms with van der Waals surface area (Å²) in [6.07, 6.45) is 0.915. The number of ether oxygens (including phenoxy) is 1. The minimum absolute atomic E-state index is 0.257. The number of carbonyl (C=O) groups is 3. The lowest BCUT2D eigenvalue weighted by Gasteiger charge is -2.33. The lowest BCUT2D eigenvalue weighted by Crippen LogP contribution is -2.48. The van der Waals surface area contributed by atoms with Gasteiger partial charge in [-0.25, -0.2) is 4.79 Å². The Morgan fingerprint density at radius 2 is 1.57 bits per heavy atom. The van der Waals surface area contributed by atoms with E-state index in [-0.39, 0.29) is 18.4 Å². The zero-order chi connectivity index (χ0) is 26.0. The molecule has 2 aromatic rings. The summed E-state index contributed by atoms with van der Waals surface area (Å²) in [6.45, 7) is 11.7. The van der Waals surface area contributed by atoms with Crippen molar-refractivity contribution in [1.82, 2.24) is 15.5 Å². The number of benzene rings is 2. The van der Waals surface area contributed by atoms with Crippen molar-refractivity contribution in [1.29, 1.82) is 0 Å². The van der Waals surface area contributed by atoms with Crippen LogP contribution in [0.2, 0.25) is 0 Å². The molecule has 0 aliphatic rings. The van der Waals surface area contributed by atoms with E-state index in [0.29, 0.717) is 13.1 Å². The van der Waals surface area contributed by atoms with Gasteiger partial charge in [0.1, 0.15) is 18.2 Å². The van der Waals surface area contributed by atoms with Crippen LogP contribution < -0.4 is 10.6 Å². The predicted octanol–water partition coefficient (Wildman–Crippen LogP) is 4.81. The standard InChI is InChI=1S/C28H39N3O4/c1-7-8-17-31(23(32)19-30-27(34)35-28(4,5)6)25(24-20(2)13-12-14-21(24)3)26(33)29-18-22-15-10-9-11-16-22/h9-16,25H,7-8,17-19H2,1-6H3,(H,29,33)(H,30,34). The first kappa shape index (κ1) is 27.9. The first-order valence-electron chi connectivity index (χ1n) is 12.2. The fourth-order valence-electron chi connectivity index (χ4n) is 3.86. The van der Waals surface area contributed by atoms with E-state index in [4.69, 9.17) is 4.74 Å². The minimum Gasteiger partial charge on any atom is -0.444 e. The lowest BCUT2D eigenvalue weighted by atomic mass is 9.93. The summed E-state index contributed by atoms with van der Waals surface area (Å²) in [6, 6.07) is 14.7. The van der Waals surface area contributed by atoms with Gasteiger partial charge in [0, 0.05) is 13.1 Å². The maximum absolute atomic E-state index is 13.6. The smallest absolute Gasteiger partial charge is 0.408 e. The Hall–Kier alpha value is -3.35. The Morgan fingerprint density at radius 1 is 0.943 bits per heavy atom. The van der Waals surface area contributed by atoms with Gasteiger partial charge in [0.15, 0.2) is 0 Å². The largest absolute Gasteiger partial charge is 0.444 e. The molecule has 2 N–H and O–H groups in total. The van der Waals surface area contributed by atoms with Crippen LogP contribution in [-0.4, -0.2) is 41.5 Å². The van der Waals surface area contributed by atoms with Gasteiger partial charge in [0.05, 0.1) is 0 Å². The van der Waals surface area contributed by atoms with E-state index in [1.54, 1.807) is 25.7 Å². The summed E-state index contributed by atoms with van der Waals surface area (Å²) in [5, 5.41) is 5.56. The SMILES string of the molecule is CCCCN(C(=O)CNC(=O)OC(C)(C)C)C(C(=O)NCc1ccccc1)c1c(C)cccc1C. The number of nitrogens with zero attached hydrogens (tertiary/aromatic N) is 1. The highest BCUT2D eigenvalue weighted by Crippen LogP contribution is 2.28. The fourth-order valence-corrected chi connectivity index (χ4v) is 3.86. The molecule has 3 amide bonds. The van der Waals surface area contributed by atoms with Crippen molar-refractivity contribution in [3.05, 3.63) is 70.8 Å². The average Bonchev–Trinajstić information content (AvgIpc) is 2.79. The number of alkyl carbamates (subject to hydrolysis) is 1. The Bertz CT molecular complexity index is 979. The van der Waals surface area contributed by atoms with Crippen LogP contribution in [-0.2, 0) is 20.9 Å². The Labute approximate surface area is 209 Å². The van der Waals surface area contributed by atoms with E-state index < -0.39 is 17.7 Å². The first-order chi connectivity index (χ1) is 16.5. The number of unbranched alkanes of at least 4 members (excludes halogenated alkanes) is 1. The highest BCUT2D eigenvalue weighted by molar-refractivity contribution is 5.91. The molecule has 0 radical (unpaired) electrons. The Kier molecular flexibility index (Phi) is 10.3. The van der Waals surface area contributed by atoms with Crippen LogP contribution in [0.1, 0.15) is 68.8 Å². The molecule has 0 aliphatic carbocycles. The molecular formula is C28H39N3O4. The second-order valence-corrected chi connectivity index (χ2v) is 9.71. The van der Waals surface area contributed by atoms with Gasteiger partial charge in [-0.3, -0.25) is 9.59 Å². The Balaban J connectivity index is 2.34. The van der Waals surface area contributed by atoms with Crippen molar-refractivity contribution >= 4 is 17.9 Å². The average molecular weight is 482 g/mol. The van der Waals surface area contributed by atoms with Crippen LogP contribution in [0.25, 0.3) is 0 Å². The molecule has 1 unspecified atom stereocenters. The van der Waals surface area contributed by atoms with Crippen molar-refractivity contribution in [2.24, 2.45) is 0 Å². The molecule has 0 spiro atoms. The van der Waals surface area contributed by atoms with Crippen LogP contribution >= 0.6 is 0 Å². The van der Waals surface area contributed by atoms with Crippen molar-refractivity contribution in [3.8, 4) is 0 Å². The number of carbonyl (C=O) groups excluding carboxylic acids is 3. The van der Waals surface area contributed by atoms with E-state index in [2.05, 4.69) is 10.6 Å². The molecule has 7 nitrogen and oxygen atoms in total. The molecule has 190 valence electrons. The summed E-state index contributed by atoms with van der Waals surface area (Å²) in [7, 11) is 0. The van der Waals surface area contributed by atoms with Crippen LogP contribution in [0.3, 0.4) is 0 Å². The van der Waals surface area contributed by atoms with Gasteiger partial charge >= 0.3 is 6.09 Å². The van der Waals surface area contributed by atoms with E-state index in [1.807, 2.05) is 69.3 Å². The monoisotopic (exact) mass is 481 g/mol. The third-order valence-electron chi connectivity index (χ3n) is 5.54. The molecule has 2 rings (SSSR count). The minimum atomic E-state index is -0.820. The second-order valence-electron chi connectivity index (χ2n) is 9.71. The lowest BCUT2D eigenvalue weighted by molar-refractivity contribution is -0.140. The summed E-state index contributed by atoms with van der Waals surface area (Å²) in [5.41, 5.74) is 2.96. The second kappa shape index (κ2) is 12.9. The van der Waals surface area contributed by atoms with Gasteiger partial charge in [-0.1, -0.05) is 61.9 Å². The highest BCUT2D eigenvalue weighted by Gasteiger charge is 2.33. The van der Waals surface area contributed by atoms with Crippen molar-refractivity contribution in [2.75, 3.05) is 13.1 Å². The zero-order valence-corrected chi connectivity index (χ0v) is 21.8. The van der Waals surface area contributed by atoms with Gasteiger partial charge in [-0.2, -0.15) is 0 Å². The molecular weight excluding hydrogens is 442 g/mol. The third-order valence-corrected chi connectivity index (χ3v) is 5.54. The molecule has 2 aromatic carbocycles. The maximum atomic E-state index is 13.6. The number of aryl methyl sites for hydroxylation is 2. The quantitative estimate of drug-likeness (QED) is 0.510. The molecule has 0 bridgehead atoms. The number of hydrogen-bond acceptors (Lipinski definition) is 4. The number of hydrogen-bond donors (Lipinski definition) is 2. The van der Waals surface area contributed by atoms with Gasteiger partial charge in [0.2, 0.25) is 11.8 Å². The third kappa shape index (κ3) is 8.74. The topological polar surface area (TPSA) is 87.7 Å². The molecule has 0 aliphatic heterocycles. The normalized spacial score (nSPS) is 11.9. The molecule has 0 aromatic heterocycles. The predicted molar refractivity (Wildman–Crippen MR) is 138 cm³/mol. The van der Waals surface area contributed by atoms with Crippen molar-refractivity contribution in [2.45, 2.75) is 72.6 Å². The molecule has 1 atom stereocenters. The summed E-state index contributed by atoms with van der Waals surface area (Å²) in [5.74, 6) is -0.597. The zero-order valence-electron chi connectivity index (χ0n) is 21.8. The van der Waals surface area contributed by atoms with Gasteiger partial charge < -0.3 is 20.3 Å². The molecule has 7 heteroatoms. The van der Waals surface area contributed by atoms with Crippen LogP contribution in [0.4, 0.5) is 4.79 Å². The van der Waals surface area contributed by atoms with Gasteiger partial charge in [-0.05, 0) is 63.3 Å². The molecule has 0 heterocycles. The van der Waals surface area contributed by atoms with Crippen molar-refractivity contribution in [3.63, 3.8) is 0 Å². The highest BCUT2D eigenvalue weighted by atomic mass is 16.6. The summed E-state index contributed by atoms with van der Waals surface area (Å²) in [4.78, 5) is 40.8. The van der Waals surface area contributed by atoms with E-state index in [9.17, 15) is 14.4 Å². The van der Waals surface area contributed by atoms with Gasteiger partial charge in [0.25, 0.3) is 0 Å². The van der Waals surface area contributed by atoms with Crippen molar-refractivity contribution < 1.29 is 19.1 Å². The number of amides is 3. The summed E-state index contributed by atoms with van der Waals surface area (Å²) >= 11 is 0. The van der Waals surface area contributed by atoms with Crippen LogP contribution in [0.15, 0.2) is 48.5 Å². The van der Waals surface area contributed by atoms with E-state index in [0.717, 1.165) is 35.1 Å². The van der Waals surface area contributed by atoms with Crippen LogP contribution in [0.5, 0.6) is 0 Å². The molecule has 0 saturated carbocycles. The van der Waals surface area contributed by atoms with Gasteiger partial charge in [-0.15, -0.1) is 0 Å². The fraction of sp³-hybridized carbons (Fsp3) is 0.464. The molecule has 35 heavy (non-hydrogen) atoms. The number of rotatable bonds is 10.